The number of furan rings is 1. The lowest BCUT2D eigenvalue weighted by atomic mass is 9.96. The van der Waals surface area contributed by atoms with Crippen LogP contribution in [0.25, 0.3) is 27.7 Å². The van der Waals surface area contributed by atoms with Gasteiger partial charge >= 0.3 is 0 Å². The van der Waals surface area contributed by atoms with E-state index in [1.807, 2.05) is 51.1 Å². The lowest BCUT2D eigenvalue weighted by Crippen LogP contribution is -2.12. The number of carbonyl (C=O) groups excluding carboxylic acids is 2. The average Bonchev–Trinajstić information content (AvgIpc) is 3.30. The lowest BCUT2D eigenvalue weighted by molar-refractivity contribution is -0.111. The third kappa shape index (κ3) is 4.95. The van der Waals surface area contributed by atoms with Gasteiger partial charge in [0.25, 0.3) is 0 Å². The van der Waals surface area contributed by atoms with Crippen molar-refractivity contribution >= 4 is 34.0 Å². The second kappa shape index (κ2) is 10.4. The second-order valence-electron chi connectivity index (χ2n) is 8.32. The number of rotatable bonds is 8. The number of allylic oxidation sites excluding steroid dienone is 1. The molecule has 0 spiro atoms. The smallest absolute Gasteiger partial charge is 0.248 e. The molecule has 7 nitrogen and oxygen atoms in total. The summed E-state index contributed by atoms with van der Waals surface area (Å²) in [5.41, 5.74) is 11.3. The highest BCUT2D eigenvalue weighted by atomic mass is 16.5. The summed E-state index contributed by atoms with van der Waals surface area (Å²) in [7, 11) is 1.63. The fraction of sp³-hybridized carbons (Fsp3) is 0.172. The molecule has 3 N–H and O–H groups in total. The Kier molecular flexibility index (Phi) is 7.10. The first-order valence-electron chi connectivity index (χ1n) is 11.5. The molecule has 2 amide bonds. The number of primary amides is 1. The van der Waals surface area contributed by atoms with Gasteiger partial charge in [-0.2, -0.15) is 0 Å². The number of carbonyl (C=O) groups is 2. The quantitative estimate of drug-likeness (QED) is 0.301. The Labute approximate surface area is 209 Å². The van der Waals surface area contributed by atoms with E-state index in [1.54, 1.807) is 37.6 Å². The molecule has 0 fully saturated rings. The van der Waals surface area contributed by atoms with E-state index in [2.05, 4.69) is 5.32 Å². The molecule has 1 heterocycles. The third-order valence-corrected chi connectivity index (χ3v) is 5.94. The van der Waals surface area contributed by atoms with Crippen LogP contribution in [0.1, 0.15) is 35.3 Å². The van der Waals surface area contributed by atoms with Gasteiger partial charge in [0.15, 0.2) is 0 Å². The van der Waals surface area contributed by atoms with Crippen molar-refractivity contribution < 1.29 is 23.5 Å². The topological polar surface area (TPSA) is 104 Å². The van der Waals surface area contributed by atoms with E-state index >= 15 is 0 Å². The van der Waals surface area contributed by atoms with Gasteiger partial charge in [-0.1, -0.05) is 12.1 Å². The Hall–Kier alpha value is -4.52. The molecule has 0 saturated heterocycles. The lowest BCUT2D eigenvalue weighted by Gasteiger charge is -2.15. The molecule has 7 heteroatoms. The van der Waals surface area contributed by atoms with Crippen LogP contribution in [0.4, 0.5) is 5.69 Å². The predicted octanol–water partition coefficient (Wildman–Crippen LogP) is 5.96. The number of fused-ring (bicyclic) bond motifs is 1. The van der Waals surface area contributed by atoms with Gasteiger partial charge in [0.1, 0.15) is 17.1 Å². The fourth-order valence-corrected chi connectivity index (χ4v) is 4.10. The van der Waals surface area contributed by atoms with Crippen LogP contribution in [-0.2, 0) is 4.79 Å². The minimum Gasteiger partial charge on any atom is -0.497 e. The molecular formula is C29H28N2O5. The highest BCUT2D eigenvalue weighted by Crippen LogP contribution is 2.41. The van der Waals surface area contributed by atoms with Crippen LogP contribution in [0.2, 0.25) is 0 Å². The largest absolute Gasteiger partial charge is 0.497 e. The van der Waals surface area contributed by atoms with Gasteiger partial charge in [-0.15, -0.1) is 0 Å². The number of nitrogens with two attached hydrogens (primary N) is 1. The molecule has 0 aliphatic heterocycles. The molecule has 0 saturated carbocycles. The third-order valence-electron chi connectivity index (χ3n) is 5.94. The predicted molar refractivity (Wildman–Crippen MR) is 141 cm³/mol. The fourth-order valence-electron chi connectivity index (χ4n) is 4.10. The first-order chi connectivity index (χ1) is 17.3. The van der Waals surface area contributed by atoms with Crippen molar-refractivity contribution in [2.24, 2.45) is 5.73 Å². The highest BCUT2D eigenvalue weighted by molar-refractivity contribution is 6.06. The van der Waals surface area contributed by atoms with Gasteiger partial charge in [0.05, 0.1) is 20.0 Å². The monoisotopic (exact) mass is 484 g/mol. The van der Waals surface area contributed by atoms with Crippen LogP contribution in [0.3, 0.4) is 0 Å². The Balaban J connectivity index is 1.72. The van der Waals surface area contributed by atoms with Crippen LogP contribution < -0.4 is 20.5 Å². The molecule has 0 atom stereocenters. The summed E-state index contributed by atoms with van der Waals surface area (Å²) in [6.07, 6.45) is 3.26. The van der Waals surface area contributed by atoms with Crippen molar-refractivity contribution in [2.45, 2.75) is 20.8 Å². The molecule has 4 rings (SSSR count). The highest BCUT2D eigenvalue weighted by Gasteiger charge is 2.19. The number of benzene rings is 3. The van der Waals surface area contributed by atoms with Gasteiger partial charge in [0, 0.05) is 39.4 Å². The van der Waals surface area contributed by atoms with E-state index in [1.165, 1.54) is 6.08 Å². The Morgan fingerprint density at radius 3 is 2.39 bits per heavy atom. The van der Waals surface area contributed by atoms with Crippen molar-refractivity contribution in [1.82, 2.24) is 0 Å². The minimum absolute atomic E-state index is 0.304. The van der Waals surface area contributed by atoms with Gasteiger partial charge in [-0.05, 0) is 74.4 Å². The van der Waals surface area contributed by atoms with E-state index in [0.29, 0.717) is 23.6 Å². The van der Waals surface area contributed by atoms with Crippen molar-refractivity contribution in [3.63, 3.8) is 0 Å². The number of ether oxygens (including phenoxy) is 2. The van der Waals surface area contributed by atoms with E-state index in [-0.39, 0.29) is 5.91 Å². The van der Waals surface area contributed by atoms with Gasteiger partial charge < -0.3 is 24.9 Å². The first-order valence-corrected chi connectivity index (χ1v) is 11.5. The zero-order chi connectivity index (χ0) is 25.8. The van der Waals surface area contributed by atoms with Gasteiger partial charge in [0.2, 0.25) is 11.8 Å². The number of nitrogens with one attached hydrogen (secondary N) is 1. The summed E-state index contributed by atoms with van der Waals surface area (Å²) in [6.45, 7) is 6.20. The van der Waals surface area contributed by atoms with E-state index in [0.717, 1.165) is 44.5 Å². The molecule has 36 heavy (non-hydrogen) atoms. The van der Waals surface area contributed by atoms with E-state index in [4.69, 9.17) is 19.6 Å². The Morgan fingerprint density at radius 1 is 1.08 bits per heavy atom. The number of hydrogen-bond acceptors (Lipinski definition) is 5. The maximum Gasteiger partial charge on any atom is 0.248 e. The first kappa shape index (κ1) is 24.6. The van der Waals surface area contributed by atoms with Gasteiger partial charge in [-0.25, -0.2) is 0 Å². The standard InChI is InChI=1S/C29H28N2O5/c1-5-35-27-18(3)28-24(25(16-36-28)19-8-12-22(34-4)13-9-19)15-23(27)17(2)14-26(32)31-21-10-6-20(7-11-21)29(30)33/h6-16H,5H2,1-4H3,(H2,30,33)(H,31,32)/b17-14+. The SMILES string of the molecule is CCOc1c(/C(C)=C/C(=O)Nc2ccc(C(N)=O)cc2)cc2c(-c3ccc(OC)cc3)coc2c1C. The summed E-state index contributed by atoms with van der Waals surface area (Å²) in [5, 5.41) is 3.74. The van der Waals surface area contributed by atoms with Crippen molar-refractivity contribution in [1.29, 1.82) is 0 Å². The molecule has 0 radical (unpaired) electrons. The maximum absolute atomic E-state index is 12.8. The summed E-state index contributed by atoms with van der Waals surface area (Å²) in [5.74, 6) is 0.622. The van der Waals surface area contributed by atoms with Crippen LogP contribution in [-0.4, -0.2) is 25.5 Å². The number of methoxy groups -OCH3 is 1. The summed E-state index contributed by atoms with van der Waals surface area (Å²) in [6, 6.07) is 16.2. The number of hydrogen-bond donors (Lipinski definition) is 2. The Morgan fingerprint density at radius 2 is 1.78 bits per heavy atom. The maximum atomic E-state index is 12.8. The summed E-state index contributed by atoms with van der Waals surface area (Å²) in [4.78, 5) is 24.0. The van der Waals surface area contributed by atoms with Crippen LogP contribution in [0.15, 0.2) is 71.4 Å². The van der Waals surface area contributed by atoms with E-state index < -0.39 is 5.91 Å². The van der Waals surface area contributed by atoms with Gasteiger partial charge in [-0.3, -0.25) is 9.59 Å². The van der Waals surface area contributed by atoms with Crippen LogP contribution in [0.5, 0.6) is 11.5 Å². The number of aryl methyl sites for hydroxylation is 1. The normalized spacial score (nSPS) is 11.4. The molecule has 3 aromatic carbocycles. The molecular weight excluding hydrogens is 456 g/mol. The number of anilines is 1. The Bertz CT molecular complexity index is 1450. The molecule has 0 unspecified atom stereocenters. The number of amides is 2. The molecule has 1 aromatic heterocycles. The van der Waals surface area contributed by atoms with Crippen LogP contribution >= 0.6 is 0 Å². The molecule has 184 valence electrons. The van der Waals surface area contributed by atoms with Crippen LogP contribution in [0, 0.1) is 6.92 Å². The second-order valence-corrected chi connectivity index (χ2v) is 8.32. The van der Waals surface area contributed by atoms with Crippen molar-refractivity contribution in [3.8, 4) is 22.6 Å². The molecule has 0 aliphatic rings. The molecule has 0 bridgehead atoms. The van der Waals surface area contributed by atoms with E-state index in [9.17, 15) is 9.59 Å². The molecule has 4 aromatic rings. The zero-order valence-electron chi connectivity index (χ0n) is 20.7. The summed E-state index contributed by atoms with van der Waals surface area (Å²) >= 11 is 0. The van der Waals surface area contributed by atoms with Crippen molar-refractivity contribution in [3.05, 3.63) is 83.6 Å². The molecule has 0 aliphatic carbocycles. The summed E-state index contributed by atoms with van der Waals surface area (Å²) < 4.78 is 17.2. The minimum atomic E-state index is -0.522. The van der Waals surface area contributed by atoms with Crippen molar-refractivity contribution in [2.75, 3.05) is 19.0 Å². The zero-order valence-corrected chi connectivity index (χ0v) is 20.7. The average molecular weight is 485 g/mol.